The highest BCUT2D eigenvalue weighted by atomic mass is 35.5. The maximum atomic E-state index is 9.46. The summed E-state index contributed by atoms with van der Waals surface area (Å²) in [6.07, 6.45) is -0.511. The fourth-order valence-electron chi connectivity index (χ4n) is 2.35. The predicted molar refractivity (Wildman–Crippen MR) is 83.6 cm³/mol. The summed E-state index contributed by atoms with van der Waals surface area (Å²) < 4.78 is 5.84. The standard InChI is InChI=1S/C17H15ClO2/c1-11(19)10-20-17-15-5-3-2-4-12(15)8-13-6-7-14(18)9-16(13)17/h2-9,11,19H,10H2,1H3. The molecule has 0 saturated heterocycles. The lowest BCUT2D eigenvalue weighted by Crippen LogP contribution is -2.13. The van der Waals surface area contributed by atoms with Crippen molar-refractivity contribution in [3.8, 4) is 5.75 Å². The summed E-state index contributed by atoms with van der Waals surface area (Å²) in [6, 6.07) is 15.9. The molecule has 1 unspecified atom stereocenters. The van der Waals surface area contributed by atoms with Crippen LogP contribution in [0.2, 0.25) is 5.02 Å². The van der Waals surface area contributed by atoms with Crippen molar-refractivity contribution in [2.45, 2.75) is 13.0 Å². The quantitative estimate of drug-likeness (QED) is 0.723. The van der Waals surface area contributed by atoms with Crippen LogP contribution in [0.5, 0.6) is 5.75 Å². The van der Waals surface area contributed by atoms with Crippen LogP contribution in [0.15, 0.2) is 48.5 Å². The topological polar surface area (TPSA) is 29.5 Å². The van der Waals surface area contributed by atoms with E-state index in [-0.39, 0.29) is 6.61 Å². The van der Waals surface area contributed by atoms with Gasteiger partial charge in [0.05, 0.1) is 6.10 Å². The second kappa shape index (κ2) is 5.31. The Balaban J connectivity index is 2.29. The highest BCUT2D eigenvalue weighted by Gasteiger charge is 2.10. The fraction of sp³-hybridized carbons (Fsp3) is 0.176. The summed E-state index contributed by atoms with van der Waals surface area (Å²) in [5.41, 5.74) is 0. The zero-order valence-corrected chi connectivity index (χ0v) is 11.9. The van der Waals surface area contributed by atoms with Gasteiger partial charge in [-0.05, 0) is 35.9 Å². The maximum absolute atomic E-state index is 9.46. The lowest BCUT2D eigenvalue weighted by Gasteiger charge is -2.14. The van der Waals surface area contributed by atoms with Crippen molar-refractivity contribution in [3.05, 3.63) is 53.6 Å². The Hall–Kier alpha value is -1.77. The van der Waals surface area contributed by atoms with E-state index in [1.807, 2.05) is 36.4 Å². The van der Waals surface area contributed by atoms with Gasteiger partial charge in [-0.1, -0.05) is 41.9 Å². The first kappa shape index (κ1) is 13.2. The predicted octanol–water partition coefficient (Wildman–Crippen LogP) is 4.41. The number of hydrogen-bond acceptors (Lipinski definition) is 2. The van der Waals surface area contributed by atoms with Gasteiger partial charge < -0.3 is 9.84 Å². The van der Waals surface area contributed by atoms with Crippen molar-refractivity contribution in [3.63, 3.8) is 0 Å². The van der Waals surface area contributed by atoms with E-state index in [1.54, 1.807) is 6.92 Å². The van der Waals surface area contributed by atoms with Gasteiger partial charge in [-0.15, -0.1) is 0 Å². The van der Waals surface area contributed by atoms with Crippen LogP contribution in [0.3, 0.4) is 0 Å². The molecule has 102 valence electrons. The third-order valence-electron chi connectivity index (χ3n) is 3.25. The molecule has 0 spiro atoms. The largest absolute Gasteiger partial charge is 0.490 e. The number of ether oxygens (including phenoxy) is 1. The highest BCUT2D eigenvalue weighted by molar-refractivity contribution is 6.31. The Bertz CT molecular complexity index is 765. The van der Waals surface area contributed by atoms with Gasteiger partial charge in [-0.2, -0.15) is 0 Å². The molecule has 0 aliphatic heterocycles. The number of rotatable bonds is 3. The van der Waals surface area contributed by atoms with E-state index >= 15 is 0 Å². The molecule has 0 bridgehead atoms. The Kier molecular flexibility index (Phi) is 3.51. The first-order chi connectivity index (χ1) is 9.65. The molecule has 0 radical (unpaired) electrons. The molecule has 0 aliphatic rings. The third kappa shape index (κ3) is 2.45. The lowest BCUT2D eigenvalue weighted by atomic mass is 10.0. The molecule has 0 amide bonds. The van der Waals surface area contributed by atoms with E-state index in [9.17, 15) is 5.11 Å². The second-order valence-electron chi connectivity index (χ2n) is 4.95. The van der Waals surface area contributed by atoms with Gasteiger partial charge in [0, 0.05) is 15.8 Å². The Morgan fingerprint density at radius 2 is 1.80 bits per heavy atom. The number of fused-ring (bicyclic) bond motifs is 2. The van der Waals surface area contributed by atoms with Crippen LogP contribution in [0.1, 0.15) is 6.92 Å². The van der Waals surface area contributed by atoms with Gasteiger partial charge in [0.1, 0.15) is 12.4 Å². The first-order valence-electron chi connectivity index (χ1n) is 6.57. The van der Waals surface area contributed by atoms with Crippen LogP contribution >= 0.6 is 11.6 Å². The van der Waals surface area contributed by atoms with Gasteiger partial charge in [-0.3, -0.25) is 0 Å². The molecule has 3 aromatic rings. The summed E-state index contributed by atoms with van der Waals surface area (Å²) in [5, 5.41) is 14.3. The first-order valence-corrected chi connectivity index (χ1v) is 6.95. The third-order valence-corrected chi connectivity index (χ3v) is 3.48. The van der Waals surface area contributed by atoms with Gasteiger partial charge in [-0.25, -0.2) is 0 Å². The molecular weight excluding hydrogens is 272 g/mol. The van der Waals surface area contributed by atoms with Gasteiger partial charge in [0.2, 0.25) is 0 Å². The molecule has 0 saturated carbocycles. The lowest BCUT2D eigenvalue weighted by molar-refractivity contribution is 0.124. The number of hydrogen-bond donors (Lipinski definition) is 1. The number of aliphatic hydroxyl groups is 1. The van der Waals surface area contributed by atoms with E-state index in [2.05, 4.69) is 12.1 Å². The minimum absolute atomic E-state index is 0.260. The Morgan fingerprint density at radius 1 is 1.05 bits per heavy atom. The van der Waals surface area contributed by atoms with E-state index in [4.69, 9.17) is 16.3 Å². The minimum atomic E-state index is -0.511. The summed E-state index contributed by atoms with van der Waals surface area (Å²) >= 11 is 6.10. The minimum Gasteiger partial charge on any atom is -0.490 e. The number of aliphatic hydroxyl groups excluding tert-OH is 1. The zero-order valence-electron chi connectivity index (χ0n) is 11.1. The Morgan fingerprint density at radius 3 is 2.60 bits per heavy atom. The molecule has 3 aromatic carbocycles. The average Bonchev–Trinajstić information content (AvgIpc) is 2.43. The van der Waals surface area contributed by atoms with Crippen LogP contribution in [0.4, 0.5) is 0 Å². The number of benzene rings is 3. The van der Waals surface area contributed by atoms with Crippen molar-refractivity contribution in [2.24, 2.45) is 0 Å². The van der Waals surface area contributed by atoms with Gasteiger partial charge in [0.15, 0.2) is 0 Å². The molecule has 1 N–H and O–H groups in total. The van der Waals surface area contributed by atoms with Crippen molar-refractivity contribution in [2.75, 3.05) is 6.61 Å². The summed E-state index contributed by atoms with van der Waals surface area (Å²) in [7, 11) is 0. The van der Waals surface area contributed by atoms with E-state index in [1.165, 1.54) is 0 Å². The molecule has 20 heavy (non-hydrogen) atoms. The van der Waals surface area contributed by atoms with E-state index in [0.29, 0.717) is 5.02 Å². The average molecular weight is 287 g/mol. The summed E-state index contributed by atoms with van der Waals surface area (Å²) in [5.74, 6) is 0.779. The second-order valence-corrected chi connectivity index (χ2v) is 5.39. The van der Waals surface area contributed by atoms with E-state index < -0.39 is 6.10 Å². The zero-order chi connectivity index (χ0) is 14.1. The molecule has 0 heterocycles. The number of halogens is 1. The molecule has 2 nitrogen and oxygen atoms in total. The van der Waals surface area contributed by atoms with Crippen LogP contribution in [-0.4, -0.2) is 17.8 Å². The van der Waals surface area contributed by atoms with Gasteiger partial charge >= 0.3 is 0 Å². The normalized spacial score (nSPS) is 12.8. The van der Waals surface area contributed by atoms with Crippen LogP contribution in [0, 0.1) is 0 Å². The summed E-state index contributed by atoms with van der Waals surface area (Å²) in [6.45, 7) is 1.97. The van der Waals surface area contributed by atoms with Crippen LogP contribution < -0.4 is 4.74 Å². The smallest absolute Gasteiger partial charge is 0.135 e. The molecule has 1 atom stereocenters. The van der Waals surface area contributed by atoms with Crippen LogP contribution in [0.25, 0.3) is 21.5 Å². The van der Waals surface area contributed by atoms with Crippen molar-refractivity contribution < 1.29 is 9.84 Å². The van der Waals surface area contributed by atoms with Gasteiger partial charge in [0.25, 0.3) is 0 Å². The Labute approximate surface area is 122 Å². The highest BCUT2D eigenvalue weighted by Crippen LogP contribution is 2.36. The molecular formula is C17H15ClO2. The van der Waals surface area contributed by atoms with Crippen molar-refractivity contribution in [1.82, 2.24) is 0 Å². The molecule has 3 rings (SSSR count). The fourth-order valence-corrected chi connectivity index (χ4v) is 2.52. The molecule has 0 aromatic heterocycles. The molecule has 0 fully saturated rings. The summed E-state index contributed by atoms with van der Waals surface area (Å²) in [4.78, 5) is 0. The maximum Gasteiger partial charge on any atom is 0.135 e. The molecule has 3 heteroatoms. The molecule has 0 aliphatic carbocycles. The monoisotopic (exact) mass is 286 g/mol. The van der Waals surface area contributed by atoms with Crippen molar-refractivity contribution in [1.29, 1.82) is 0 Å². The SMILES string of the molecule is CC(O)COc1c2ccccc2cc2ccc(Cl)cc12. The van der Waals surface area contributed by atoms with Crippen LogP contribution in [-0.2, 0) is 0 Å². The van der Waals surface area contributed by atoms with Crippen molar-refractivity contribution >= 4 is 33.1 Å². The van der Waals surface area contributed by atoms with E-state index in [0.717, 1.165) is 27.3 Å².